The number of hydrogen-bond donors (Lipinski definition) is 0. The lowest BCUT2D eigenvalue weighted by Crippen LogP contribution is -1.97. The van der Waals surface area contributed by atoms with Gasteiger partial charge in [0, 0.05) is 11.6 Å². The molecule has 1 aromatic carbocycles. The molecule has 1 aliphatic rings. The van der Waals surface area contributed by atoms with Crippen LogP contribution in [0, 0.1) is 0 Å². The number of hydrogen-bond acceptors (Lipinski definition) is 4. The zero-order chi connectivity index (χ0) is 14.2. The van der Waals surface area contributed by atoms with Gasteiger partial charge in [0.15, 0.2) is 0 Å². The molecule has 0 atom stereocenters. The first-order valence-electron chi connectivity index (χ1n) is 6.88. The summed E-state index contributed by atoms with van der Waals surface area (Å²) in [4.78, 5) is 4.37. The molecule has 3 aromatic rings. The van der Waals surface area contributed by atoms with Crippen molar-refractivity contribution in [1.82, 2.24) is 20.0 Å². The molecule has 5 nitrogen and oxygen atoms in total. The number of ether oxygens (including phenoxy) is 1. The van der Waals surface area contributed by atoms with Crippen molar-refractivity contribution in [1.29, 1.82) is 0 Å². The van der Waals surface area contributed by atoms with E-state index in [0.717, 1.165) is 26.8 Å². The molecule has 2 aromatic heterocycles. The minimum atomic E-state index is 0.406. The first-order chi connectivity index (χ1) is 10.3. The summed E-state index contributed by atoms with van der Waals surface area (Å²) < 4.78 is 8.64. The van der Waals surface area contributed by atoms with Crippen LogP contribution in [0.2, 0.25) is 0 Å². The third-order valence-electron chi connectivity index (χ3n) is 3.53. The maximum atomic E-state index is 5.84. The predicted molar refractivity (Wildman–Crippen MR) is 82.1 cm³/mol. The Kier molecular flexibility index (Phi) is 3.11. The quantitative estimate of drug-likeness (QED) is 0.726. The molecular weight excluding hydrogens is 332 g/mol. The second-order valence-corrected chi connectivity index (χ2v) is 5.96. The van der Waals surface area contributed by atoms with Crippen LogP contribution in [-0.4, -0.2) is 20.0 Å². The summed E-state index contributed by atoms with van der Waals surface area (Å²) in [6, 6.07) is 8.44. The van der Waals surface area contributed by atoms with Gasteiger partial charge in [0.1, 0.15) is 18.1 Å². The molecule has 0 N–H and O–H groups in total. The molecule has 21 heavy (non-hydrogen) atoms. The summed E-state index contributed by atoms with van der Waals surface area (Å²) in [5.74, 6) is 0.766. The van der Waals surface area contributed by atoms with Crippen molar-refractivity contribution in [2.24, 2.45) is 0 Å². The van der Waals surface area contributed by atoms with Crippen LogP contribution in [0.1, 0.15) is 24.6 Å². The SMILES string of the molecule is Brc1c(OCc2cn(C3CC3)nn2)ccc2cccnc12. The van der Waals surface area contributed by atoms with E-state index in [1.165, 1.54) is 12.8 Å². The predicted octanol–water partition coefficient (Wildman–Crippen LogP) is 3.50. The van der Waals surface area contributed by atoms with Gasteiger partial charge in [-0.25, -0.2) is 4.68 Å². The zero-order valence-electron chi connectivity index (χ0n) is 11.2. The average Bonchev–Trinajstić information content (AvgIpc) is 3.26. The van der Waals surface area contributed by atoms with Gasteiger partial charge < -0.3 is 4.74 Å². The molecule has 106 valence electrons. The number of pyridine rings is 1. The highest BCUT2D eigenvalue weighted by Crippen LogP contribution is 2.34. The topological polar surface area (TPSA) is 52.8 Å². The van der Waals surface area contributed by atoms with Gasteiger partial charge in [-0.1, -0.05) is 11.3 Å². The molecule has 0 amide bonds. The summed E-state index contributed by atoms with van der Waals surface area (Å²) in [5, 5.41) is 9.35. The third-order valence-corrected chi connectivity index (χ3v) is 4.30. The molecule has 2 heterocycles. The molecule has 1 fully saturated rings. The lowest BCUT2D eigenvalue weighted by atomic mass is 10.2. The van der Waals surface area contributed by atoms with E-state index in [0.29, 0.717) is 12.6 Å². The minimum absolute atomic E-state index is 0.406. The first-order valence-corrected chi connectivity index (χ1v) is 7.67. The fourth-order valence-corrected chi connectivity index (χ4v) is 2.83. The van der Waals surface area contributed by atoms with Gasteiger partial charge >= 0.3 is 0 Å². The van der Waals surface area contributed by atoms with Crippen LogP contribution in [0.25, 0.3) is 10.9 Å². The van der Waals surface area contributed by atoms with Gasteiger partial charge in [0.25, 0.3) is 0 Å². The van der Waals surface area contributed by atoms with Crippen molar-refractivity contribution in [2.45, 2.75) is 25.5 Å². The van der Waals surface area contributed by atoms with Crippen molar-refractivity contribution in [3.8, 4) is 5.75 Å². The van der Waals surface area contributed by atoms with E-state index in [9.17, 15) is 0 Å². The van der Waals surface area contributed by atoms with Crippen molar-refractivity contribution < 1.29 is 4.74 Å². The average molecular weight is 345 g/mol. The Hall–Kier alpha value is -1.95. The Labute approximate surface area is 130 Å². The monoisotopic (exact) mass is 344 g/mol. The van der Waals surface area contributed by atoms with Crippen molar-refractivity contribution >= 4 is 26.8 Å². The molecule has 1 aliphatic carbocycles. The molecule has 0 spiro atoms. The van der Waals surface area contributed by atoms with Gasteiger partial charge in [-0.2, -0.15) is 0 Å². The van der Waals surface area contributed by atoms with Crippen LogP contribution in [0.15, 0.2) is 41.1 Å². The first kappa shape index (κ1) is 12.8. The van der Waals surface area contributed by atoms with Crippen LogP contribution in [0.3, 0.4) is 0 Å². The highest BCUT2D eigenvalue weighted by molar-refractivity contribution is 9.10. The Bertz CT molecular complexity index is 797. The van der Waals surface area contributed by atoms with Crippen LogP contribution in [0.4, 0.5) is 0 Å². The summed E-state index contributed by atoms with van der Waals surface area (Å²) in [5.41, 5.74) is 1.74. The van der Waals surface area contributed by atoms with Crippen molar-refractivity contribution in [3.05, 3.63) is 46.8 Å². The Morgan fingerprint density at radius 3 is 3.05 bits per heavy atom. The summed E-state index contributed by atoms with van der Waals surface area (Å²) in [6.07, 6.45) is 6.14. The number of aromatic nitrogens is 4. The number of halogens is 1. The Morgan fingerprint density at radius 2 is 2.19 bits per heavy atom. The molecule has 0 aliphatic heterocycles. The van der Waals surface area contributed by atoms with Gasteiger partial charge in [0.05, 0.1) is 22.2 Å². The number of fused-ring (bicyclic) bond motifs is 1. The molecule has 0 bridgehead atoms. The molecule has 4 rings (SSSR count). The largest absolute Gasteiger partial charge is 0.486 e. The second-order valence-electron chi connectivity index (χ2n) is 5.16. The standard InChI is InChI=1S/C15H13BrN4O/c16-14-13(6-3-10-2-1-7-17-15(10)14)21-9-11-8-20(19-18-11)12-4-5-12/h1-3,6-8,12H,4-5,9H2. The number of nitrogens with zero attached hydrogens (tertiary/aromatic N) is 4. The lowest BCUT2D eigenvalue weighted by molar-refractivity contribution is 0.299. The summed E-state index contributed by atoms with van der Waals surface area (Å²) in [6.45, 7) is 0.406. The zero-order valence-corrected chi connectivity index (χ0v) is 12.8. The van der Waals surface area contributed by atoms with E-state index in [1.807, 2.05) is 35.1 Å². The van der Waals surface area contributed by atoms with Gasteiger partial charge in [-0.15, -0.1) is 5.10 Å². The Balaban J connectivity index is 1.54. The van der Waals surface area contributed by atoms with Crippen LogP contribution < -0.4 is 4.74 Å². The van der Waals surface area contributed by atoms with Crippen molar-refractivity contribution in [2.75, 3.05) is 0 Å². The minimum Gasteiger partial charge on any atom is -0.486 e. The fraction of sp³-hybridized carbons (Fsp3) is 0.267. The van der Waals surface area contributed by atoms with Crippen LogP contribution >= 0.6 is 15.9 Å². The van der Waals surface area contributed by atoms with E-state index in [1.54, 1.807) is 6.20 Å². The van der Waals surface area contributed by atoms with E-state index in [-0.39, 0.29) is 0 Å². The maximum absolute atomic E-state index is 5.84. The van der Waals surface area contributed by atoms with E-state index in [2.05, 4.69) is 31.2 Å². The molecule has 1 saturated carbocycles. The lowest BCUT2D eigenvalue weighted by Gasteiger charge is -2.08. The molecule has 0 radical (unpaired) electrons. The fourth-order valence-electron chi connectivity index (χ4n) is 2.25. The summed E-state index contributed by atoms with van der Waals surface area (Å²) in [7, 11) is 0. The van der Waals surface area contributed by atoms with E-state index < -0.39 is 0 Å². The van der Waals surface area contributed by atoms with Gasteiger partial charge in [0.2, 0.25) is 0 Å². The van der Waals surface area contributed by atoms with Gasteiger partial charge in [-0.3, -0.25) is 4.98 Å². The van der Waals surface area contributed by atoms with Crippen LogP contribution in [-0.2, 0) is 6.61 Å². The smallest absolute Gasteiger partial charge is 0.136 e. The highest BCUT2D eigenvalue weighted by Gasteiger charge is 2.24. The molecule has 0 saturated heterocycles. The molecule has 6 heteroatoms. The van der Waals surface area contributed by atoms with Crippen LogP contribution in [0.5, 0.6) is 5.75 Å². The van der Waals surface area contributed by atoms with E-state index in [4.69, 9.17) is 4.74 Å². The molecule has 0 unspecified atom stereocenters. The normalized spacial score (nSPS) is 14.5. The van der Waals surface area contributed by atoms with Crippen molar-refractivity contribution in [3.63, 3.8) is 0 Å². The van der Waals surface area contributed by atoms with Gasteiger partial charge in [-0.05, 0) is 47.0 Å². The second kappa shape index (κ2) is 5.11. The van der Waals surface area contributed by atoms with E-state index >= 15 is 0 Å². The maximum Gasteiger partial charge on any atom is 0.136 e. The molecular formula is C15H13BrN4O. The number of rotatable bonds is 4. The third kappa shape index (κ3) is 2.51. The summed E-state index contributed by atoms with van der Waals surface area (Å²) >= 11 is 3.57. The Morgan fingerprint density at radius 1 is 1.29 bits per heavy atom. The number of benzene rings is 1. The highest BCUT2D eigenvalue weighted by atomic mass is 79.9.